The van der Waals surface area contributed by atoms with Crippen molar-refractivity contribution in [2.45, 2.75) is 38.6 Å². The molecule has 0 radical (unpaired) electrons. The summed E-state index contributed by atoms with van der Waals surface area (Å²) in [5.74, 6) is -0.129. The van der Waals surface area contributed by atoms with Crippen LogP contribution in [0.25, 0.3) is 0 Å². The van der Waals surface area contributed by atoms with E-state index in [0.29, 0.717) is 17.7 Å². The first kappa shape index (κ1) is 21.5. The van der Waals surface area contributed by atoms with E-state index in [9.17, 15) is 9.59 Å². The maximum Gasteiger partial charge on any atom is 0.255 e. The molecule has 0 aromatic heterocycles. The Kier molecular flexibility index (Phi) is 7.83. The van der Waals surface area contributed by atoms with Crippen LogP contribution in [0.3, 0.4) is 0 Å². The van der Waals surface area contributed by atoms with E-state index >= 15 is 0 Å². The lowest BCUT2D eigenvalue weighted by molar-refractivity contribution is -0.121. The highest BCUT2D eigenvalue weighted by atomic mass is 79.9. The molecule has 1 aliphatic heterocycles. The van der Waals surface area contributed by atoms with Crippen molar-refractivity contribution in [2.75, 3.05) is 25.0 Å². The zero-order valence-corrected chi connectivity index (χ0v) is 18.4. The molecule has 2 aromatic carbocycles. The predicted molar refractivity (Wildman–Crippen MR) is 120 cm³/mol. The van der Waals surface area contributed by atoms with Crippen LogP contribution in [0.1, 0.15) is 42.1 Å². The molecule has 1 aliphatic rings. The van der Waals surface area contributed by atoms with Gasteiger partial charge in [-0.2, -0.15) is 0 Å². The molecule has 2 N–H and O–H groups in total. The molecule has 1 fully saturated rings. The molecule has 5 nitrogen and oxygen atoms in total. The number of halogens is 1. The highest BCUT2D eigenvalue weighted by molar-refractivity contribution is 9.10. The first-order chi connectivity index (χ1) is 14.0. The van der Waals surface area contributed by atoms with Gasteiger partial charge in [-0.25, -0.2) is 0 Å². The minimum absolute atomic E-state index is 0.0288. The number of nitrogens with zero attached hydrogens (tertiary/aromatic N) is 1. The van der Waals surface area contributed by atoms with Gasteiger partial charge in [-0.15, -0.1) is 0 Å². The summed E-state index contributed by atoms with van der Waals surface area (Å²) in [7, 11) is 0. The molecule has 1 unspecified atom stereocenters. The minimum atomic E-state index is -0.158. The Labute approximate surface area is 181 Å². The van der Waals surface area contributed by atoms with E-state index in [-0.39, 0.29) is 17.9 Å². The summed E-state index contributed by atoms with van der Waals surface area (Å²) in [5.41, 5.74) is 2.23. The summed E-state index contributed by atoms with van der Waals surface area (Å²) in [5, 5.41) is 5.97. The molecule has 1 saturated heterocycles. The third-order valence-electron chi connectivity index (χ3n) is 5.07. The Morgan fingerprint density at radius 3 is 2.31 bits per heavy atom. The quantitative estimate of drug-likeness (QED) is 0.653. The van der Waals surface area contributed by atoms with Crippen LogP contribution in [-0.2, 0) is 11.2 Å². The molecule has 0 saturated carbocycles. The minimum Gasteiger partial charge on any atom is -0.352 e. The van der Waals surface area contributed by atoms with Gasteiger partial charge in [-0.1, -0.05) is 34.5 Å². The van der Waals surface area contributed by atoms with Crippen molar-refractivity contribution in [1.82, 2.24) is 10.2 Å². The van der Waals surface area contributed by atoms with Gasteiger partial charge in [0.15, 0.2) is 0 Å². The Balaban J connectivity index is 1.46. The number of likely N-dealkylation sites (tertiary alicyclic amines) is 1. The van der Waals surface area contributed by atoms with Crippen LogP contribution in [0.15, 0.2) is 53.0 Å². The second-order valence-corrected chi connectivity index (χ2v) is 8.58. The number of nitrogens with one attached hydrogen (secondary N) is 2. The van der Waals surface area contributed by atoms with Gasteiger partial charge in [-0.05, 0) is 74.8 Å². The second kappa shape index (κ2) is 10.6. The average molecular weight is 458 g/mol. The Morgan fingerprint density at radius 2 is 1.66 bits per heavy atom. The fourth-order valence-electron chi connectivity index (χ4n) is 3.60. The number of rotatable bonds is 7. The molecule has 29 heavy (non-hydrogen) atoms. The van der Waals surface area contributed by atoms with E-state index in [4.69, 9.17) is 0 Å². The van der Waals surface area contributed by atoms with Crippen molar-refractivity contribution in [1.29, 1.82) is 0 Å². The summed E-state index contributed by atoms with van der Waals surface area (Å²) in [6.45, 7) is 5.24. The van der Waals surface area contributed by atoms with E-state index in [1.54, 1.807) is 12.1 Å². The molecule has 154 valence electrons. The van der Waals surface area contributed by atoms with E-state index in [0.717, 1.165) is 29.7 Å². The van der Waals surface area contributed by atoms with Gasteiger partial charge in [0.25, 0.3) is 5.91 Å². The van der Waals surface area contributed by atoms with E-state index in [2.05, 4.69) is 38.4 Å². The van der Waals surface area contributed by atoms with Crippen molar-refractivity contribution in [3.8, 4) is 0 Å². The van der Waals surface area contributed by atoms with Gasteiger partial charge >= 0.3 is 0 Å². The van der Waals surface area contributed by atoms with E-state index in [1.165, 1.54) is 19.3 Å². The lowest BCUT2D eigenvalue weighted by Crippen LogP contribution is -2.44. The van der Waals surface area contributed by atoms with Crippen LogP contribution in [0.4, 0.5) is 5.69 Å². The number of hydrogen-bond acceptors (Lipinski definition) is 3. The van der Waals surface area contributed by atoms with E-state index in [1.807, 2.05) is 36.4 Å². The van der Waals surface area contributed by atoms with Crippen LogP contribution in [0.5, 0.6) is 0 Å². The maximum absolute atomic E-state index is 12.3. The molecular weight excluding hydrogens is 430 g/mol. The van der Waals surface area contributed by atoms with Crippen molar-refractivity contribution < 1.29 is 9.59 Å². The SMILES string of the molecule is CC(CN1CCCCC1)NC(=O)Cc1ccc(NC(=O)c2ccc(Br)cc2)cc1. The standard InChI is InChI=1S/C23H28BrN3O2/c1-17(16-27-13-3-2-4-14-27)25-22(28)15-18-5-11-21(12-6-18)26-23(29)19-7-9-20(24)10-8-19/h5-12,17H,2-4,13-16H2,1H3,(H,25,28)(H,26,29). The lowest BCUT2D eigenvalue weighted by atomic mass is 10.1. The van der Waals surface area contributed by atoms with Crippen molar-refractivity contribution in [2.24, 2.45) is 0 Å². The molecule has 0 spiro atoms. The van der Waals surface area contributed by atoms with Crippen LogP contribution in [-0.4, -0.2) is 42.4 Å². The van der Waals surface area contributed by atoms with Crippen molar-refractivity contribution in [3.05, 3.63) is 64.1 Å². The number of amides is 2. The zero-order chi connectivity index (χ0) is 20.6. The summed E-state index contributed by atoms with van der Waals surface area (Å²) in [6, 6.07) is 14.8. The van der Waals surface area contributed by atoms with Gasteiger partial charge < -0.3 is 15.5 Å². The molecule has 0 aliphatic carbocycles. The molecule has 0 bridgehead atoms. The first-order valence-corrected chi connectivity index (χ1v) is 11.0. The number of anilines is 1. The summed E-state index contributed by atoms with van der Waals surface area (Å²) in [4.78, 5) is 27.0. The number of carbonyl (C=O) groups excluding carboxylic acids is 2. The lowest BCUT2D eigenvalue weighted by Gasteiger charge is -2.29. The molecular formula is C23H28BrN3O2. The summed E-state index contributed by atoms with van der Waals surface area (Å²) < 4.78 is 0.932. The molecule has 2 aromatic rings. The Hall–Kier alpha value is -2.18. The summed E-state index contributed by atoms with van der Waals surface area (Å²) in [6.07, 6.45) is 4.17. The van der Waals surface area contributed by atoms with Crippen LogP contribution in [0, 0.1) is 0 Å². The van der Waals surface area contributed by atoms with Gasteiger partial charge in [0.1, 0.15) is 0 Å². The van der Waals surface area contributed by atoms with Crippen LogP contribution >= 0.6 is 15.9 Å². The fraction of sp³-hybridized carbons (Fsp3) is 0.391. The molecule has 1 atom stereocenters. The third-order valence-corrected chi connectivity index (χ3v) is 5.60. The van der Waals surface area contributed by atoms with Crippen molar-refractivity contribution >= 4 is 33.4 Å². The largest absolute Gasteiger partial charge is 0.352 e. The first-order valence-electron chi connectivity index (χ1n) is 10.2. The number of piperidine rings is 1. The van der Waals surface area contributed by atoms with Gasteiger partial charge in [0, 0.05) is 28.3 Å². The second-order valence-electron chi connectivity index (χ2n) is 7.66. The van der Waals surface area contributed by atoms with Crippen molar-refractivity contribution in [3.63, 3.8) is 0 Å². The fourth-order valence-corrected chi connectivity index (χ4v) is 3.86. The van der Waals surface area contributed by atoms with Crippen LogP contribution < -0.4 is 10.6 Å². The number of carbonyl (C=O) groups is 2. The average Bonchev–Trinajstić information content (AvgIpc) is 2.70. The topological polar surface area (TPSA) is 61.4 Å². The van der Waals surface area contributed by atoms with Gasteiger partial charge in [0.2, 0.25) is 5.91 Å². The molecule has 2 amide bonds. The van der Waals surface area contributed by atoms with Crippen LogP contribution in [0.2, 0.25) is 0 Å². The summed E-state index contributed by atoms with van der Waals surface area (Å²) >= 11 is 3.36. The molecule has 1 heterocycles. The Bertz CT molecular complexity index is 815. The smallest absolute Gasteiger partial charge is 0.255 e. The molecule has 6 heteroatoms. The molecule has 3 rings (SSSR count). The van der Waals surface area contributed by atoms with Gasteiger partial charge in [-0.3, -0.25) is 9.59 Å². The third kappa shape index (κ3) is 6.98. The number of hydrogen-bond donors (Lipinski definition) is 2. The van der Waals surface area contributed by atoms with E-state index < -0.39 is 0 Å². The number of benzene rings is 2. The normalized spacial score (nSPS) is 15.5. The highest BCUT2D eigenvalue weighted by Crippen LogP contribution is 2.14. The Morgan fingerprint density at radius 1 is 1.00 bits per heavy atom. The maximum atomic E-state index is 12.3. The highest BCUT2D eigenvalue weighted by Gasteiger charge is 2.15. The zero-order valence-electron chi connectivity index (χ0n) is 16.8. The predicted octanol–water partition coefficient (Wildman–Crippen LogP) is 4.23. The van der Waals surface area contributed by atoms with Gasteiger partial charge in [0.05, 0.1) is 6.42 Å². The monoisotopic (exact) mass is 457 g/mol.